The number of nitrogens with one attached hydrogen (secondary N) is 3. The first-order valence-corrected chi connectivity index (χ1v) is 6.97. The van der Waals surface area contributed by atoms with Crippen LogP contribution in [0.1, 0.15) is 13.8 Å². The molecule has 0 spiro atoms. The van der Waals surface area contributed by atoms with Crippen molar-refractivity contribution in [1.82, 2.24) is 10.3 Å². The average Bonchev–Trinajstić information content (AvgIpc) is 2.42. The zero-order valence-corrected chi connectivity index (χ0v) is 12.6. The molecule has 6 heteroatoms. The van der Waals surface area contributed by atoms with E-state index in [1.807, 2.05) is 44.2 Å². The number of carbonyl (C=O) groups excluding carboxylic acids is 1. The first kappa shape index (κ1) is 15.1. The Hall–Kier alpha value is -2.27. The molecule has 21 heavy (non-hydrogen) atoms. The Bertz CT molecular complexity index is 613. The van der Waals surface area contributed by atoms with Crippen molar-refractivity contribution in [2.45, 2.75) is 19.9 Å². The predicted molar refractivity (Wildman–Crippen MR) is 86.3 cm³/mol. The molecule has 0 aliphatic carbocycles. The number of hydrogen-bond donors (Lipinski definition) is 3. The van der Waals surface area contributed by atoms with E-state index in [4.69, 9.17) is 11.6 Å². The van der Waals surface area contributed by atoms with Crippen LogP contribution in [0.3, 0.4) is 0 Å². The van der Waals surface area contributed by atoms with Gasteiger partial charge in [0.15, 0.2) is 0 Å². The first-order valence-electron chi connectivity index (χ1n) is 6.59. The number of rotatable bonds is 4. The van der Waals surface area contributed by atoms with E-state index in [0.717, 1.165) is 11.4 Å². The molecular weight excluding hydrogens is 288 g/mol. The van der Waals surface area contributed by atoms with Crippen LogP contribution in [0.2, 0.25) is 5.02 Å². The van der Waals surface area contributed by atoms with E-state index in [0.29, 0.717) is 10.8 Å². The van der Waals surface area contributed by atoms with Crippen molar-refractivity contribution >= 4 is 34.8 Å². The first-order chi connectivity index (χ1) is 10.0. The summed E-state index contributed by atoms with van der Waals surface area (Å²) in [4.78, 5) is 15.7. The molecule has 110 valence electrons. The molecule has 0 saturated heterocycles. The van der Waals surface area contributed by atoms with Crippen molar-refractivity contribution in [3.8, 4) is 0 Å². The topological polar surface area (TPSA) is 66.1 Å². The minimum atomic E-state index is -0.274. The summed E-state index contributed by atoms with van der Waals surface area (Å²) in [6.45, 7) is 3.78. The Morgan fingerprint density at radius 1 is 1.19 bits per heavy atom. The third-order valence-electron chi connectivity index (χ3n) is 2.58. The summed E-state index contributed by atoms with van der Waals surface area (Å²) < 4.78 is 0. The molecule has 0 aliphatic rings. The van der Waals surface area contributed by atoms with E-state index in [1.54, 1.807) is 12.3 Å². The third-order valence-corrected chi connectivity index (χ3v) is 2.91. The van der Waals surface area contributed by atoms with E-state index < -0.39 is 0 Å². The molecule has 0 atom stereocenters. The number of urea groups is 1. The summed E-state index contributed by atoms with van der Waals surface area (Å²) in [6, 6.07) is 10.8. The van der Waals surface area contributed by atoms with Crippen LogP contribution in [0.4, 0.5) is 22.0 Å². The van der Waals surface area contributed by atoms with Crippen molar-refractivity contribution in [2.24, 2.45) is 0 Å². The highest BCUT2D eigenvalue weighted by Crippen LogP contribution is 2.24. The Morgan fingerprint density at radius 3 is 2.57 bits per heavy atom. The van der Waals surface area contributed by atoms with E-state index in [1.165, 1.54) is 0 Å². The lowest BCUT2D eigenvalue weighted by atomic mass is 10.3. The number of hydrogen-bond acceptors (Lipinski definition) is 3. The van der Waals surface area contributed by atoms with Crippen LogP contribution >= 0.6 is 11.6 Å². The molecule has 1 heterocycles. The molecule has 2 amide bonds. The number of nitrogens with zero attached hydrogens (tertiary/aromatic N) is 1. The lowest BCUT2D eigenvalue weighted by Crippen LogP contribution is -2.34. The van der Waals surface area contributed by atoms with Crippen LogP contribution in [0.25, 0.3) is 0 Å². The number of amides is 2. The molecule has 0 bridgehead atoms. The molecule has 3 N–H and O–H groups in total. The van der Waals surface area contributed by atoms with Crippen molar-refractivity contribution in [1.29, 1.82) is 0 Å². The van der Waals surface area contributed by atoms with Gasteiger partial charge in [-0.2, -0.15) is 0 Å². The van der Waals surface area contributed by atoms with Crippen LogP contribution in [-0.2, 0) is 0 Å². The molecule has 0 fully saturated rings. The van der Waals surface area contributed by atoms with Gasteiger partial charge in [-0.3, -0.25) is 5.32 Å². The number of para-hydroxylation sites is 1. The van der Waals surface area contributed by atoms with Gasteiger partial charge >= 0.3 is 6.03 Å². The van der Waals surface area contributed by atoms with Gasteiger partial charge in [-0.25, -0.2) is 9.78 Å². The zero-order chi connectivity index (χ0) is 15.2. The summed E-state index contributed by atoms with van der Waals surface area (Å²) in [6.07, 6.45) is 1.63. The highest BCUT2D eigenvalue weighted by atomic mass is 35.5. The predicted octanol–water partition coefficient (Wildman–Crippen LogP) is 4.01. The second-order valence-corrected chi connectivity index (χ2v) is 5.20. The Labute approximate surface area is 128 Å². The van der Waals surface area contributed by atoms with Gasteiger partial charge in [0.05, 0.1) is 22.6 Å². The van der Waals surface area contributed by atoms with Crippen LogP contribution in [0.5, 0.6) is 0 Å². The highest BCUT2D eigenvalue weighted by molar-refractivity contribution is 6.33. The van der Waals surface area contributed by atoms with Crippen LogP contribution in [0.15, 0.2) is 42.6 Å². The standard InChI is InChI=1S/C15H17ClN4O/c1-10(2)18-15(21)20-14-8-7-11(9-17-14)19-13-6-4-3-5-12(13)16/h3-10,19H,1-2H3,(H2,17,18,20,21). The van der Waals surface area contributed by atoms with Gasteiger partial charge in [-0.1, -0.05) is 23.7 Å². The van der Waals surface area contributed by atoms with Crippen LogP contribution in [0, 0.1) is 0 Å². The monoisotopic (exact) mass is 304 g/mol. The van der Waals surface area contributed by atoms with Gasteiger partial charge in [0.25, 0.3) is 0 Å². The Morgan fingerprint density at radius 2 is 1.95 bits per heavy atom. The quantitative estimate of drug-likeness (QED) is 0.799. The minimum absolute atomic E-state index is 0.0752. The van der Waals surface area contributed by atoms with Gasteiger partial charge in [0.1, 0.15) is 5.82 Å². The maximum absolute atomic E-state index is 11.5. The molecular formula is C15H17ClN4O. The summed E-state index contributed by atoms with van der Waals surface area (Å²) in [7, 11) is 0. The van der Waals surface area contributed by atoms with E-state index >= 15 is 0 Å². The SMILES string of the molecule is CC(C)NC(=O)Nc1ccc(Nc2ccccc2Cl)cn1. The number of aromatic nitrogens is 1. The maximum atomic E-state index is 11.5. The maximum Gasteiger partial charge on any atom is 0.320 e. The van der Waals surface area contributed by atoms with Gasteiger partial charge in [0, 0.05) is 6.04 Å². The summed E-state index contributed by atoms with van der Waals surface area (Å²) in [5.74, 6) is 0.484. The lowest BCUT2D eigenvalue weighted by Gasteiger charge is -2.11. The Balaban J connectivity index is 1.99. The second kappa shape index (κ2) is 6.95. The average molecular weight is 305 g/mol. The number of benzene rings is 1. The van der Waals surface area contributed by atoms with Crippen LogP contribution < -0.4 is 16.0 Å². The fraction of sp³-hybridized carbons (Fsp3) is 0.200. The van der Waals surface area contributed by atoms with Crippen molar-refractivity contribution < 1.29 is 4.79 Å². The Kier molecular flexibility index (Phi) is 5.00. The molecule has 1 aromatic heterocycles. The number of carbonyl (C=O) groups is 1. The fourth-order valence-electron chi connectivity index (χ4n) is 1.67. The molecule has 5 nitrogen and oxygen atoms in total. The zero-order valence-electron chi connectivity index (χ0n) is 11.9. The lowest BCUT2D eigenvalue weighted by molar-refractivity contribution is 0.250. The molecule has 0 radical (unpaired) electrons. The number of anilines is 3. The second-order valence-electron chi connectivity index (χ2n) is 4.79. The molecule has 0 unspecified atom stereocenters. The smallest absolute Gasteiger partial charge is 0.320 e. The normalized spacial score (nSPS) is 10.3. The summed E-state index contributed by atoms with van der Waals surface area (Å²) >= 11 is 6.07. The molecule has 2 aromatic rings. The van der Waals surface area contributed by atoms with Crippen LogP contribution in [-0.4, -0.2) is 17.1 Å². The highest BCUT2D eigenvalue weighted by Gasteiger charge is 2.04. The molecule has 1 aromatic carbocycles. The van der Waals surface area contributed by atoms with Crippen molar-refractivity contribution in [3.63, 3.8) is 0 Å². The van der Waals surface area contributed by atoms with Crippen molar-refractivity contribution in [2.75, 3.05) is 10.6 Å². The van der Waals surface area contributed by atoms with Gasteiger partial charge in [-0.15, -0.1) is 0 Å². The van der Waals surface area contributed by atoms with E-state index in [-0.39, 0.29) is 12.1 Å². The van der Waals surface area contributed by atoms with E-state index in [2.05, 4.69) is 20.9 Å². The summed E-state index contributed by atoms with van der Waals surface area (Å²) in [5.41, 5.74) is 1.59. The van der Waals surface area contributed by atoms with Crippen molar-refractivity contribution in [3.05, 3.63) is 47.6 Å². The number of pyridine rings is 1. The van der Waals surface area contributed by atoms with Gasteiger partial charge in [0.2, 0.25) is 0 Å². The molecule has 0 saturated carbocycles. The largest absolute Gasteiger partial charge is 0.353 e. The molecule has 0 aliphatic heterocycles. The van der Waals surface area contributed by atoms with Gasteiger partial charge < -0.3 is 10.6 Å². The van der Waals surface area contributed by atoms with E-state index in [9.17, 15) is 4.79 Å². The molecule has 2 rings (SSSR count). The van der Waals surface area contributed by atoms with Gasteiger partial charge in [-0.05, 0) is 38.1 Å². The fourth-order valence-corrected chi connectivity index (χ4v) is 1.86. The summed E-state index contributed by atoms with van der Waals surface area (Å²) in [5, 5.41) is 9.19. The third kappa shape index (κ3) is 4.65. The minimum Gasteiger partial charge on any atom is -0.353 e. The number of halogens is 1.